The summed E-state index contributed by atoms with van der Waals surface area (Å²) < 4.78 is 5.00. The molecule has 0 aliphatic rings. The smallest absolute Gasteiger partial charge is 0.343 e. The third-order valence-electron chi connectivity index (χ3n) is 2.46. The Hall–Kier alpha value is -1.82. The Morgan fingerprint density at radius 2 is 1.67 bits per heavy atom. The van der Waals surface area contributed by atoms with Crippen LogP contribution in [0.4, 0.5) is 5.69 Å². The summed E-state index contributed by atoms with van der Waals surface area (Å²) >= 11 is 17.3. The number of halogens is 3. The van der Waals surface area contributed by atoms with Gasteiger partial charge in [0.1, 0.15) is 0 Å². The monoisotopic (exact) mass is 345 g/mol. The summed E-state index contributed by atoms with van der Waals surface area (Å²) in [4.78, 5) is 22.2. The summed E-state index contributed by atoms with van der Waals surface area (Å²) in [6.45, 7) is 0. The lowest BCUT2D eigenvalue weighted by atomic mass is 10.2. The van der Waals surface area contributed by atoms with Gasteiger partial charge in [-0.1, -0.05) is 34.8 Å². The topological polar surface area (TPSA) is 69.4 Å². The molecular weight excluding hydrogens is 341 g/mol. The molecule has 0 fully saturated rings. The quantitative estimate of drug-likeness (QED) is 0.347. The van der Waals surface area contributed by atoms with Crippen LogP contribution < -0.4 is 4.74 Å². The lowest BCUT2D eigenvalue weighted by Gasteiger charge is -2.07. The van der Waals surface area contributed by atoms with Gasteiger partial charge in [0, 0.05) is 16.1 Å². The Morgan fingerprint density at radius 3 is 2.24 bits per heavy atom. The van der Waals surface area contributed by atoms with Gasteiger partial charge in [0.25, 0.3) is 0 Å². The van der Waals surface area contributed by atoms with Crippen molar-refractivity contribution in [2.45, 2.75) is 0 Å². The van der Waals surface area contributed by atoms with Crippen LogP contribution >= 0.6 is 34.8 Å². The molecule has 0 N–H and O–H groups in total. The van der Waals surface area contributed by atoms with Gasteiger partial charge in [0.05, 0.1) is 15.5 Å². The van der Waals surface area contributed by atoms with E-state index < -0.39 is 16.6 Å². The zero-order valence-corrected chi connectivity index (χ0v) is 12.4. The number of carbonyl (C=O) groups excluding carboxylic acids is 1. The minimum atomic E-state index is -0.793. The fraction of sp³-hybridized carbons (Fsp3) is 0. The summed E-state index contributed by atoms with van der Waals surface area (Å²) in [5.41, 5.74) is -0.311. The number of carbonyl (C=O) groups is 1. The van der Waals surface area contributed by atoms with Gasteiger partial charge >= 0.3 is 11.7 Å². The first kappa shape index (κ1) is 15.6. The van der Waals surface area contributed by atoms with E-state index in [1.807, 2.05) is 0 Å². The van der Waals surface area contributed by atoms with Crippen molar-refractivity contribution in [3.8, 4) is 5.75 Å². The molecule has 0 radical (unpaired) electrons. The van der Waals surface area contributed by atoms with E-state index in [0.717, 1.165) is 6.07 Å². The van der Waals surface area contributed by atoms with Crippen molar-refractivity contribution in [1.29, 1.82) is 0 Å². The molecule has 0 aliphatic carbocycles. The maximum absolute atomic E-state index is 12.0. The van der Waals surface area contributed by atoms with Crippen molar-refractivity contribution < 1.29 is 14.5 Å². The van der Waals surface area contributed by atoms with Crippen molar-refractivity contribution in [3.05, 3.63) is 67.1 Å². The van der Waals surface area contributed by atoms with Crippen molar-refractivity contribution in [1.82, 2.24) is 0 Å². The van der Waals surface area contributed by atoms with Crippen LogP contribution in [0.15, 0.2) is 36.4 Å². The molecule has 108 valence electrons. The Kier molecular flexibility index (Phi) is 4.67. The minimum Gasteiger partial charge on any atom is -0.414 e. The zero-order valence-electron chi connectivity index (χ0n) is 10.2. The van der Waals surface area contributed by atoms with Crippen molar-refractivity contribution in [3.63, 3.8) is 0 Å². The molecule has 0 amide bonds. The highest BCUT2D eigenvalue weighted by atomic mass is 35.5. The van der Waals surface area contributed by atoms with Crippen LogP contribution in [0, 0.1) is 10.1 Å². The third kappa shape index (κ3) is 3.64. The second-order valence-corrected chi connectivity index (χ2v) is 5.17. The van der Waals surface area contributed by atoms with Gasteiger partial charge in [-0.05, 0) is 30.3 Å². The molecule has 21 heavy (non-hydrogen) atoms. The fourth-order valence-electron chi connectivity index (χ4n) is 1.52. The SMILES string of the molecule is O=C(Oc1c(Cl)cc(Cl)cc1[N+](=O)[O-])c1ccc(Cl)cc1. The summed E-state index contributed by atoms with van der Waals surface area (Å²) in [6, 6.07) is 8.16. The van der Waals surface area contributed by atoms with Gasteiger partial charge in [0.2, 0.25) is 5.75 Å². The summed E-state index contributed by atoms with van der Waals surface area (Å²) in [7, 11) is 0. The molecule has 0 atom stereocenters. The lowest BCUT2D eigenvalue weighted by Crippen LogP contribution is -2.10. The van der Waals surface area contributed by atoms with E-state index in [1.54, 1.807) is 0 Å². The molecule has 0 unspecified atom stereocenters. The molecule has 0 spiro atoms. The van der Waals surface area contributed by atoms with Gasteiger partial charge in [0.15, 0.2) is 0 Å². The summed E-state index contributed by atoms with van der Waals surface area (Å²) in [5.74, 6) is -1.15. The largest absolute Gasteiger partial charge is 0.414 e. The minimum absolute atomic E-state index is 0.0676. The summed E-state index contributed by atoms with van der Waals surface area (Å²) in [5, 5.41) is 11.4. The van der Waals surface area contributed by atoms with Crippen LogP contribution in [-0.2, 0) is 0 Å². The van der Waals surface area contributed by atoms with Crippen LogP contribution in [0.25, 0.3) is 0 Å². The van der Waals surface area contributed by atoms with E-state index in [1.165, 1.54) is 30.3 Å². The fourth-order valence-corrected chi connectivity index (χ4v) is 2.17. The van der Waals surface area contributed by atoms with E-state index in [0.29, 0.717) is 5.02 Å². The second kappa shape index (κ2) is 6.30. The third-order valence-corrected chi connectivity index (χ3v) is 3.21. The number of benzene rings is 2. The van der Waals surface area contributed by atoms with E-state index in [9.17, 15) is 14.9 Å². The van der Waals surface area contributed by atoms with Crippen LogP contribution in [0.5, 0.6) is 5.75 Å². The molecule has 2 aromatic carbocycles. The summed E-state index contributed by atoms with van der Waals surface area (Å²) in [6.07, 6.45) is 0. The van der Waals surface area contributed by atoms with Crippen LogP contribution in [0.1, 0.15) is 10.4 Å². The van der Waals surface area contributed by atoms with Gasteiger partial charge in [-0.2, -0.15) is 0 Å². The van der Waals surface area contributed by atoms with E-state index in [4.69, 9.17) is 39.5 Å². The number of hydrogen-bond acceptors (Lipinski definition) is 4. The van der Waals surface area contributed by atoms with Crippen LogP contribution in [0.3, 0.4) is 0 Å². The molecule has 2 rings (SSSR count). The predicted octanol–water partition coefficient (Wildman–Crippen LogP) is 4.77. The number of nitrogens with zero attached hydrogens (tertiary/aromatic N) is 1. The zero-order chi connectivity index (χ0) is 15.6. The van der Waals surface area contributed by atoms with Crippen LogP contribution in [0.2, 0.25) is 15.1 Å². The van der Waals surface area contributed by atoms with Gasteiger partial charge in [-0.25, -0.2) is 4.79 Å². The molecule has 0 bridgehead atoms. The highest BCUT2D eigenvalue weighted by Gasteiger charge is 2.23. The Balaban J connectivity index is 2.37. The number of rotatable bonds is 3. The normalized spacial score (nSPS) is 10.2. The predicted molar refractivity (Wildman–Crippen MR) is 79.5 cm³/mol. The first-order valence-electron chi connectivity index (χ1n) is 5.49. The highest BCUT2D eigenvalue weighted by molar-refractivity contribution is 6.36. The number of nitro benzene ring substituents is 1. The highest BCUT2D eigenvalue weighted by Crippen LogP contribution is 2.38. The molecule has 0 heterocycles. The van der Waals surface area contributed by atoms with E-state index in [2.05, 4.69) is 0 Å². The standard InChI is InChI=1S/C13H6Cl3NO4/c14-8-3-1-7(2-4-8)13(18)21-12-10(16)5-9(15)6-11(12)17(19)20/h1-6H. The number of hydrogen-bond donors (Lipinski definition) is 0. The van der Waals surface area contributed by atoms with E-state index in [-0.39, 0.29) is 21.4 Å². The average Bonchev–Trinajstić information content (AvgIpc) is 2.41. The van der Waals surface area contributed by atoms with Gasteiger partial charge in [-0.15, -0.1) is 0 Å². The maximum atomic E-state index is 12.0. The first-order valence-corrected chi connectivity index (χ1v) is 6.63. The molecule has 0 saturated carbocycles. The van der Waals surface area contributed by atoms with E-state index >= 15 is 0 Å². The Labute approximate surface area is 134 Å². The number of ether oxygens (including phenoxy) is 1. The van der Waals surface area contributed by atoms with Gasteiger partial charge < -0.3 is 4.74 Å². The number of esters is 1. The van der Waals surface area contributed by atoms with Crippen LogP contribution in [-0.4, -0.2) is 10.9 Å². The molecule has 0 aliphatic heterocycles. The Morgan fingerprint density at radius 1 is 1.05 bits per heavy atom. The molecule has 0 saturated heterocycles. The van der Waals surface area contributed by atoms with Gasteiger partial charge in [-0.3, -0.25) is 10.1 Å². The molecule has 5 nitrogen and oxygen atoms in total. The number of nitro groups is 1. The molecule has 2 aromatic rings. The van der Waals surface area contributed by atoms with Crippen molar-refractivity contribution in [2.24, 2.45) is 0 Å². The van der Waals surface area contributed by atoms with Crippen molar-refractivity contribution in [2.75, 3.05) is 0 Å². The van der Waals surface area contributed by atoms with Crippen molar-refractivity contribution >= 4 is 46.5 Å². The molecular formula is C13H6Cl3NO4. The first-order chi connectivity index (χ1) is 9.88. The molecule has 0 aromatic heterocycles. The molecule has 8 heteroatoms. The second-order valence-electron chi connectivity index (χ2n) is 3.89. The average molecular weight is 347 g/mol. The maximum Gasteiger partial charge on any atom is 0.343 e. The lowest BCUT2D eigenvalue weighted by molar-refractivity contribution is -0.385. The Bertz CT molecular complexity index is 716.